The summed E-state index contributed by atoms with van der Waals surface area (Å²) in [5.41, 5.74) is 7.51. The molecule has 0 spiro atoms. The molecular weight excluding hydrogens is 278 g/mol. The fraction of sp³-hybridized carbons (Fsp3) is 0.500. The topological polar surface area (TPSA) is 95.9 Å². The van der Waals surface area contributed by atoms with Crippen LogP contribution in [0, 0.1) is 13.8 Å². The van der Waals surface area contributed by atoms with Crippen LogP contribution in [0.15, 0.2) is 0 Å². The Bertz CT molecular complexity index is 600. The molecule has 8 heteroatoms. The number of carbonyl (C=O) groups is 1. The lowest BCUT2D eigenvalue weighted by Gasteiger charge is -2.04. The van der Waals surface area contributed by atoms with Crippen molar-refractivity contribution in [2.75, 3.05) is 13.7 Å². The Kier molecular flexibility index (Phi) is 4.46. The van der Waals surface area contributed by atoms with Crippen LogP contribution in [0.2, 0.25) is 0 Å². The van der Waals surface area contributed by atoms with Crippen molar-refractivity contribution >= 4 is 17.3 Å². The van der Waals surface area contributed by atoms with E-state index in [1.807, 2.05) is 13.8 Å². The predicted octanol–water partition coefficient (Wildman–Crippen LogP) is 0.688. The third kappa shape index (κ3) is 2.86. The van der Waals surface area contributed by atoms with Crippen LogP contribution in [-0.4, -0.2) is 39.6 Å². The molecule has 0 aliphatic rings. The second-order valence-corrected chi connectivity index (χ2v) is 5.61. The number of hydrogen-bond donors (Lipinski definition) is 1. The van der Waals surface area contributed by atoms with E-state index in [1.54, 1.807) is 16.0 Å². The summed E-state index contributed by atoms with van der Waals surface area (Å²) in [5.74, 6) is -0.494. The van der Waals surface area contributed by atoms with E-state index < -0.39 is 5.97 Å². The maximum atomic E-state index is 11.6. The number of hydrogen-bond acceptors (Lipinski definition) is 7. The summed E-state index contributed by atoms with van der Waals surface area (Å²) < 4.78 is 6.36. The number of thiazole rings is 1. The van der Waals surface area contributed by atoms with Gasteiger partial charge >= 0.3 is 5.97 Å². The van der Waals surface area contributed by atoms with Crippen molar-refractivity contribution in [3.63, 3.8) is 0 Å². The first-order valence-corrected chi connectivity index (χ1v) is 7.02. The molecule has 20 heavy (non-hydrogen) atoms. The lowest BCUT2D eigenvalue weighted by molar-refractivity contribution is 0.0592. The standard InChI is InChI=1S/C12H17N5O2S/c1-7-8(2)20-10(14-7)6-17-9(4-5-13)11(15-16-17)12(18)19-3/h4-6,13H2,1-3H3. The van der Waals surface area contributed by atoms with Crippen molar-refractivity contribution < 1.29 is 9.53 Å². The second-order valence-electron chi connectivity index (χ2n) is 4.32. The van der Waals surface area contributed by atoms with Crippen molar-refractivity contribution in [2.24, 2.45) is 5.73 Å². The largest absolute Gasteiger partial charge is 0.464 e. The zero-order valence-electron chi connectivity index (χ0n) is 11.7. The van der Waals surface area contributed by atoms with Crippen LogP contribution in [0.1, 0.15) is 31.8 Å². The lowest BCUT2D eigenvalue weighted by atomic mass is 10.2. The molecule has 0 aromatic carbocycles. The summed E-state index contributed by atoms with van der Waals surface area (Å²) in [5, 5.41) is 8.84. The van der Waals surface area contributed by atoms with Gasteiger partial charge in [0.15, 0.2) is 5.69 Å². The molecule has 0 bridgehead atoms. The Morgan fingerprint density at radius 3 is 2.75 bits per heavy atom. The Labute approximate surface area is 120 Å². The molecule has 2 N–H and O–H groups in total. The van der Waals surface area contributed by atoms with Gasteiger partial charge in [0.1, 0.15) is 5.01 Å². The lowest BCUT2D eigenvalue weighted by Crippen LogP contribution is -2.14. The Morgan fingerprint density at radius 2 is 2.20 bits per heavy atom. The van der Waals surface area contributed by atoms with Crippen LogP contribution in [0.4, 0.5) is 0 Å². The van der Waals surface area contributed by atoms with Crippen LogP contribution in [0.3, 0.4) is 0 Å². The molecule has 0 atom stereocenters. The average molecular weight is 295 g/mol. The van der Waals surface area contributed by atoms with Crippen LogP contribution in [0.5, 0.6) is 0 Å². The second kappa shape index (κ2) is 6.10. The first-order chi connectivity index (χ1) is 9.56. The molecule has 0 fully saturated rings. The highest BCUT2D eigenvalue weighted by molar-refractivity contribution is 7.11. The first-order valence-electron chi connectivity index (χ1n) is 6.20. The van der Waals surface area contributed by atoms with Crippen molar-refractivity contribution in [1.82, 2.24) is 20.0 Å². The summed E-state index contributed by atoms with van der Waals surface area (Å²) in [7, 11) is 1.32. The van der Waals surface area contributed by atoms with Gasteiger partial charge in [-0.25, -0.2) is 14.5 Å². The summed E-state index contributed by atoms with van der Waals surface area (Å²) in [6.45, 7) is 4.89. The van der Waals surface area contributed by atoms with E-state index in [0.29, 0.717) is 25.2 Å². The zero-order chi connectivity index (χ0) is 14.7. The zero-order valence-corrected chi connectivity index (χ0v) is 12.5. The van der Waals surface area contributed by atoms with E-state index in [4.69, 9.17) is 10.5 Å². The Morgan fingerprint density at radius 1 is 1.45 bits per heavy atom. The molecule has 7 nitrogen and oxygen atoms in total. The fourth-order valence-electron chi connectivity index (χ4n) is 1.83. The third-order valence-electron chi connectivity index (χ3n) is 2.96. The molecule has 0 aliphatic carbocycles. The van der Waals surface area contributed by atoms with Crippen LogP contribution >= 0.6 is 11.3 Å². The van der Waals surface area contributed by atoms with Crippen molar-refractivity contribution in [3.8, 4) is 0 Å². The molecule has 2 rings (SSSR count). The van der Waals surface area contributed by atoms with Gasteiger partial charge in [0.05, 0.1) is 25.0 Å². The van der Waals surface area contributed by atoms with Crippen molar-refractivity contribution in [2.45, 2.75) is 26.8 Å². The number of methoxy groups -OCH3 is 1. The number of rotatable bonds is 5. The number of aryl methyl sites for hydroxylation is 2. The van der Waals surface area contributed by atoms with E-state index in [9.17, 15) is 4.79 Å². The average Bonchev–Trinajstić information content (AvgIpc) is 2.95. The normalized spacial score (nSPS) is 10.8. The Balaban J connectivity index is 2.31. The molecule has 0 saturated carbocycles. The number of nitrogens with two attached hydrogens (primary N) is 1. The van der Waals surface area contributed by atoms with E-state index in [2.05, 4.69) is 15.3 Å². The van der Waals surface area contributed by atoms with Gasteiger partial charge in [0.2, 0.25) is 0 Å². The summed E-state index contributed by atoms with van der Waals surface area (Å²) >= 11 is 1.61. The Hall–Kier alpha value is -1.80. The third-order valence-corrected chi connectivity index (χ3v) is 4.01. The van der Waals surface area contributed by atoms with E-state index in [0.717, 1.165) is 10.7 Å². The SMILES string of the molecule is COC(=O)c1nnn(Cc2nc(C)c(C)s2)c1CCN. The van der Waals surface area contributed by atoms with Crippen molar-refractivity contribution in [3.05, 3.63) is 27.0 Å². The molecule has 0 radical (unpaired) electrons. The molecule has 0 aliphatic heterocycles. The minimum atomic E-state index is -0.494. The molecule has 2 aromatic heterocycles. The molecule has 0 unspecified atom stereocenters. The molecule has 2 aromatic rings. The van der Waals surface area contributed by atoms with Gasteiger partial charge in [-0.15, -0.1) is 16.4 Å². The number of aromatic nitrogens is 4. The number of nitrogens with zero attached hydrogens (tertiary/aromatic N) is 4. The molecule has 0 saturated heterocycles. The van der Waals surface area contributed by atoms with E-state index in [1.165, 1.54) is 12.0 Å². The minimum Gasteiger partial charge on any atom is -0.464 e. The quantitative estimate of drug-likeness (QED) is 0.815. The van der Waals surface area contributed by atoms with Crippen molar-refractivity contribution in [1.29, 1.82) is 0 Å². The van der Waals surface area contributed by atoms with Gasteiger partial charge in [-0.1, -0.05) is 5.21 Å². The summed E-state index contributed by atoms with van der Waals surface area (Å²) in [4.78, 5) is 17.3. The summed E-state index contributed by atoms with van der Waals surface area (Å²) in [6, 6.07) is 0. The highest BCUT2D eigenvalue weighted by Crippen LogP contribution is 2.18. The van der Waals surface area contributed by atoms with E-state index >= 15 is 0 Å². The maximum absolute atomic E-state index is 11.6. The van der Waals surface area contributed by atoms with Gasteiger partial charge in [-0.05, 0) is 20.4 Å². The number of carbonyl (C=O) groups excluding carboxylic acids is 1. The monoisotopic (exact) mass is 295 g/mol. The maximum Gasteiger partial charge on any atom is 0.360 e. The molecule has 2 heterocycles. The molecular formula is C12H17N5O2S. The van der Waals surface area contributed by atoms with Gasteiger partial charge < -0.3 is 10.5 Å². The smallest absolute Gasteiger partial charge is 0.360 e. The first kappa shape index (κ1) is 14.6. The highest BCUT2D eigenvalue weighted by atomic mass is 32.1. The fourth-order valence-corrected chi connectivity index (χ4v) is 2.75. The van der Waals surface area contributed by atoms with Crippen LogP contribution in [-0.2, 0) is 17.7 Å². The van der Waals surface area contributed by atoms with Gasteiger partial charge in [-0.2, -0.15) is 0 Å². The minimum absolute atomic E-state index is 0.225. The van der Waals surface area contributed by atoms with E-state index in [-0.39, 0.29) is 5.69 Å². The van der Waals surface area contributed by atoms with Crippen LogP contribution in [0.25, 0.3) is 0 Å². The van der Waals surface area contributed by atoms with Gasteiger partial charge in [0, 0.05) is 11.3 Å². The summed E-state index contributed by atoms with van der Waals surface area (Å²) in [6.07, 6.45) is 0.515. The highest BCUT2D eigenvalue weighted by Gasteiger charge is 2.20. The predicted molar refractivity (Wildman–Crippen MR) is 74.8 cm³/mol. The van der Waals surface area contributed by atoms with Gasteiger partial charge in [-0.3, -0.25) is 0 Å². The number of esters is 1. The number of ether oxygens (including phenoxy) is 1. The molecule has 108 valence electrons. The van der Waals surface area contributed by atoms with Crippen LogP contribution < -0.4 is 5.73 Å². The molecule has 0 amide bonds. The van der Waals surface area contributed by atoms with Gasteiger partial charge in [0.25, 0.3) is 0 Å².